The number of anilines is 1. The molecule has 1 aromatic heterocycles. The Hall–Kier alpha value is -1.60. The first kappa shape index (κ1) is 11.9. The first-order chi connectivity index (χ1) is 8.11. The number of methoxy groups -OCH3 is 1. The number of aromatic nitrogens is 2. The van der Waals surface area contributed by atoms with Crippen molar-refractivity contribution in [1.82, 2.24) is 9.97 Å². The highest BCUT2D eigenvalue weighted by Gasteiger charge is 2.12. The van der Waals surface area contributed by atoms with Crippen molar-refractivity contribution >= 4 is 27.0 Å². The number of sulfonamides is 1. The van der Waals surface area contributed by atoms with Crippen molar-refractivity contribution < 1.29 is 13.2 Å². The van der Waals surface area contributed by atoms with Gasteiger partial charge in [-0.25, -0.2) is 13.4 Å². The van der Waals surface area contributed by atoms with Gasteiger partial charge in [-0.3, -0.25) is 4.72 Å². The van der Waals surface area contributed by atoms with Gasteiger partial charge < -0.3 is 9.72 Å². The van der Waals surface area contributed by atoms with Gasteiger partial charge in [0.1, 0.15) is 0 Å². The minimum absolute atomic E-state index is 0.0967. The molecule has 6 nitrogen and oxygen atoms in total. The monoisotopic (exact) mass is 255 g/mol. The number of imidazole rings is 1. The molecule has 0 spiro atoms. The van der Waals surface area contributed by atoms with Gasteiger partial charge in [0.15, 0.2) is 0 Å². The highest BCUT2D eigenvalue weighted by molar-refractivity contribution is 7.92. The van der Waals surface area contributed by atoms with E-state index in [9.17, 15) is 8.42 Å². The van der Waals surface area contributed by atoms with Crippen LogP contribution in [0.25, 0.3) is 11.0 Å². The number of fused-ring (bicyclic) bond motifs is 1. The lowest BCUT2D eigenvalue weighted by molar-refractivity contribution is 0.217. The van der Waals surface area contributed by atoms with E-state index in [1.165, 1.54) is 7.11 Å². The average Bonchev–Trinajstić information content (AvgIpc) is 2.67. The molecular formula is C10H13N3O3S. The summed E-state index contributed by atoms with van der Waals surface area (Å²) in [5.41, 5.74) is 1.51. The van der Waals surface area contributed by atoms with Gasteiger partial charge in [0.2, 0.25) is 16.0 Å². The second-order valence-electron chi connectivity index (χ2n) is 3.52. The smallest absolute Gasteiger partial charge is 0.237 e. The Morgan fingerprint density at radius 3 is 2.88 bits per heavy atom. The molecule has 7 heteroatoms. The van der Waals surface area contributed by atoms with E-state index in [0.29, 0.717) is 0 Å². The number of H-pyrrole nitrogens is 1. The van der Waals surface area contributed by atoms with Gasteiger partial charge in [-0.1, -0.05) is 12.1 Å². The molecule has 0 amide bonds. The second-order valence-corrected chi connectivity index (χ2v) is 5.36. The fourth-order valence-corrected chi connectivity index (χ4v) is 2.27. The zero-order valence-corrected chi connectivity index (χ0v) is 10.1. The Morgan fingerprint density at radius 1 is 1.41 bits per heavy atom. The van der Waals surface area contributed by atoms with Crippen LogP contribution in [0.1, 0.15) is 0 Å². The van der Waals surface area contributed by atoms with Crippen molar-refractivity contribution in [2.45, 2.75) is 0 Å². The molecule has 0 unspecified atom stereocenters. The summed E-state index contributed by atoms with van der Waals surface area (Å²) in [6.45, 7) is 0.148. The second kappa shape index (κ2) is 4.72. The zero-order chi connectivity index (χ0) is 12.3. The Labute approximate surface area is 99.1 Å². The minimum Gasteiger partial charge on any atom is -0.384 e. The molecule has 0 saturated carbocycles. The first-order valence-electron chi connectivity index (χ1n) is 5.05. The zero-order valence-electron chi connectivity index (χ0n) is 9.30. The van der Waals surface area contributed by atoms with Crippen LogP contribution in [0.5, 0.6) is 0 Å². The maximum atomic E-state index is 11.6. The van der Waals surface area contributed by atoms with Crippen LogP contribution in [-0.2, 0) is 14.8 Å². The predicted octanol–water partition coefficient (Wildman–Crippen LogP) is 0.951. The van der Waals surface area contributed by atoms with E-state index >= 15 is 0 Å². The number of hydrogen-bond acceptors (Lipinski definition) is 4. The average molecular weight is 255 g/mol. The van der Waals surface area contributed by atoms with Gasteiger partial charge in [-0.05, 0) is 12.1 Å². The summed E-state index contributed by atoms with van der Waals surface area (Å²) in [6.07, 6.45) is 0. The van der Waals surface area contributed by atoms with E-state index in [0.717, 1.165) is 11.0 Å². The number of ether oxygens (including phenoxy) is 1. The summed E-state index contributed by atoms with van der Waals surface area (Å²) < 4.78 is 30.3. The topological polar surface area (TPSA) is 84.1 Å². The number of aromatic amines is 1. The van der Waals surface area contributed by atoms with E-state index in [4.69, 9.17) is 4.74 Å². The lowest BCUT2D eigenvalue weighted by atomic mass is 10.3. The summed E-state index contributed by atoms with van der Waals surface area (Å²) in [5.74, 6) is 0.128. The normalized spacial score (nSPS) is 11.8. The van der Waals surface area contributed by atoms with E-state index in [-0.39, 0.29) is 18.3 Å². The molecule has 0 bridgehead atoms. The molecule has 0 saturated heterocycles. The molecule has 1 heterocycles. The Kier molecular flexibility index (Phi) is 3.30. The molecule has 2 N–H and O–H groups in total. The van der Waals surface area contributed by atoms with Gasteiger partial charge >= 0.3 is 0 Å². The summed E-state index contributed by atoms with van der Waals surface area (Å²) in [5, 5.41) is 0. The van der Waals surface area contributed by atoms with Gasteiger partial charge in [0.25, 0.3) is 0 Å². The van der Waals surface area contributed by atoms with Crippen molar-refractivity contribution in [3.8, 4) is 0 Å². The standard InChI is InChI=1S/C10H13N3O3S/c1-16-6-7-17(14,15)13-10-11-8-4-2-3-5-9(8)12-10/h2-5H,6-7H2,1H3,(H2,11,12,13). The highest BCUT2D eigenvalue weighted by Crippen LogP contribution is 2.14. The molecule has 0 radical (unpaired) electrons. The van der Waals surface area contributed by atoms with Crippen LogP contribution in [0, 0.1) is 0 Å². The fourth-order valence-electron chi connectivity index (χ4n) is 1.39. The van der Waals surface area contributed by atoms with Crippen LogP contribution >= 0.6 is 0 Å². The predicted molar refractivity (Wildman–Crippen MR) is 65.4 cm³/mol. The first-order valence-corrected chi connectivity index (χ1v) is 6.70. The third kappa shape index (κ3) is 2.95. The van der Waals surface area contributed by atoms with Crippen molar-refractivity contribution in [2.24, 2.45) is 0 Å². The molecule has 17 heavy (non-hydrogen) atoms. The number of para-hydroxylation sites is 2. The number of rotatable bonds is 5. The van der Waals surface area contributed by atoms with Crippen molar-refractivity contribution in [3.63, 3.8) is 0 Å². The molecule has 92 valence electrons. The molecule has 0 fully saturated rings. The molecular weight excluding hydrogens is 242 g/mol. The lowest BCUT2D eigenvalue weighted by Gasteiger charge is -2.03. The van der Waals surface area contributed by atoms with Gasteiger partial charge in [-0.15, -0.1) is 0 Å². The Morgan fingerprint density at radius 2 is 2.18 bits per heavy atom. The van der Waals surface area contributed by atoms with Crippen molar-refractivity contribution in [3.05, 3.63) is 24.3 Å². The Bertz CT molecular complexity index is 573. The quantitative estimate of drug-likeness (QED) is 0.833. The lowest BCUT2D eigenvalue weighted by Crippen LogP contribution is -2.20. The number of nitrogens with one attached hydrogen (secondary N) is 2. The summed E-state index contributed by atoms with van der Waals surface area (Å²) in [7, 11) is -1.96. The summed E-state index contributed by atoms with van der Waals surface area (Å²) in [6, 6.07) is 7.32. The van der Waals surface area contributed by atoms with Gasteiger partial charge in [-0.2, -0.15) is 0 Å². The molecule has 2 rings (SSSR count). The van der Waals surface area contributed by atoms with Crippen LogP contribution in [0.15, 0.2) is 24.3 Å². The van der Waals surface area contributed by atoms with Crippen LogP contribution < -0.4 is 4.72 Å². The fraction of sp³-hybridized carbons (Fsp3) is 0.300. The number of nitrogens with zero attached hydrogens (tertiary/aromatic N) is 1. The minimum atomic E-state index is -3.41. The SMILES string of the molecule is COCCS(=O)(=O)Nc1nc2ccccc2[nH]1. The van der Waals surface area contributed by atoms with Crippen LogP contribution in [-0.4, -0.2) is 37.9 Å². The van der Waals surface area contributed by atoms with E-state index < -0.39 is 10.0 Å². The van der Waals surface area contributed by atoms with E-state index in [2.05, 4.69) is 14.7 Å². The van der Waals surface area contributed by atoms with Gasteiger partial charge in [0, 0.05) is 7.11 Å². The van der Waals surface area contributed by atoms with Crippen molar-refractivity contribution in [2.75, 3.05) is 24.2 Å². The van der Waals surface area contributed by atoms with Crippen LogP contribution in [0.3, 0.4) is 0 Å². The third-order valence-electron chi connectivity index (χ3n) is 2.20. The van der Waals surface area contributed by atoms with E-state index in [1.807, 2.05) is 18.2 Å². The van der Waals surface area contributed by atoms with Gasteiger partial charge in [0.05, 0.1) is 23.4 Å². The van der Waals surface area contributed by atoms with Crippen LogP contribution in [0.2, 0.25) is 0 Å². The maximum Gasteiger partial charge on any atom is 0.237 e. The number of benzene rings is 1. The maximum absolute atomic E-state index is 11.6. The molecule has 0 atom stereocenters. The summed E-state index contributed by atoms with van der Waals surface area (Å²) >= 11 is 0. The molecule has 0 aliphatic rings. The molecule has 2 aromatic rings. The highest BCUT2D eigenvalue weighted by atomic mass is 32.2. The third-order valence-corrected chi connectivity index (χ3v) is 3.41. The molecule has 0 aliphatic carbocycles. The Balaban J connectivity index is 2.18. The van der Waals surface area contributed by atoms with E-state index in [1.54, 1.807) is 6.07 Å². The van der Waals surface area contributed by atoms with Crippen LogP contribution in [0.4, 0.5) is 5.95 Å². The number of hydrogen-bond donors (Lipinski definition) is 2. The largest absolute Gasteiger partial charge is 0.384 e. The summed E-state index contributed by atoms with van der Waals surface area (Å²) in [4.78, 5) is 7.01. The molecule has 1 aromatic carbocycles. The van der Waals surface area contributed by atoms with Crippen molar-refractivity contribution in [1.29, 1.82) is 0 Å². The molecule has 0 aliphatic heterocycles.